The van der Waals surface area contributed by atoms with Gasteiger partial charge in [0.15, 0.2) is 15.5 Å². The molecule has 5 rings (SSSR count). The van der Waals surface area contributed by atoms with Gasteiger partial charge in [0.2, 0.25) is 0 Å². The Hall–Kier alpha value is -2.98. The Morgan fingerprint density at radius 3 is 2.90 bits per heavy atom. The van der Waals surface area contributed by atoms with Crippen molar-refractivity contribution in [3.05, 3.63) is 59.0 Å². The van der Waals surface area contributed by atoms with Crippen molar-refractivity contribution >= 4 is 38.1 Å². The highest BCUT2D eigenvalue weighted by Crippen LogP contribution is 2.33. The highest BCUT2D eigenvalue weighted by atomic mass is 32.2. The number of hydrogen-bond acceptors (Lipinski definition) is 7. The first-order chi connectivity index (χ1) is 14.9. The van der Waals surface area contributed by atoms with E-state index >= 15 is 0 Å². The predicted octanol–water partition coefficient (Wildman–Crippen LogP) is 3.35. The fraction of sp³-hybridized carbons (Fsp3) is 0.286. The number of carbonyl (C=O) groups excluding carboxylic acids is 1. The monoisotopic (exact) mass is 456 g/mol. The van der Waals surface area contributed by atoms with Gasteiger partial charge in [-0.2, -0.15) is 5.10 Å². The normalized spacial score (nSPS) is 17.9. The number of carbonyl (C=O) groups is 1. The number of pyridine rings is 1. The average Bonchev–Trinajstić information content (AvgIpc) is 3.53. The second-order valence-electron chi connectivity index (χ2n) is 7.58. The van der Waals surface area contributed by atoms with Crippen molar-refractivity contribution in [2.24, 2.45) is 0 Å². The van der Waals surface area contributed by atoms with Crippen LogP contribution >= 0.6 is 11.3 Å². The Kier molecular flexibility index (Phi) is 4.90. The van der Waals surface area contributed by atoms with Crippen molar-refractivity contribution in [3.8, 4) is 10.6 Å². The Morgan fingerprint density at radius 1 is 1.35 bits per heavy atom. The van der Waals surface area contributed by atoms with Gasteiger partial charge in [0.25, 0.3) is 5.91 Å². The Bertz CT molecular complexity index is 1360. The van der Waals surface area contributed by atoms with Gasteiger partial charge < -0.3 is 9.73 Å². The lowest BCUT2D eigenvalue weighted by atomic mass is 10.1. The molecule has 1 aliphatic rings. The number of sulfone groups is 1. The van der Waals surface area contributed by atoms with Crippen molar-refractivity contribution in [3.63, 3.8) is 0 Å². The number of nitrogens with zero attached hydrogens (tertiary/aromatic N) is 3. The van der Waals surface area contributed by atoms with Gasteiger partial charge in [0.1, 0.15) is 5.76 Å². The summed E-state index contributed by atoms with van der Waals surface area (Å²) in [6.45, 7) is 2.08. The standard InChI is InChI=1S/C21H20N4O4S2/c1-13-19-16(21(26)22-11-15-4-2-7-29-15)10-17(18-5-3-8-30-18)23-20(19)25(24-13)14-6-9-31(27,28)12-14/h2-5,7-8,10,14H,6,9,11-12H2,1H3,(H,22,26)/t14-/m1/s1. The largest absolute Gasteiger partial charge is 0.467 e. The second kappa shape index (κ2) is 7.61. The minimum absolute atomic E-state index is 0.0359. The molecular formula is C21H20N4O4S2. The summed E-state index contributed by atoms with van der Waals surface area (Å²) in [6.07, 6.45) is 2.05. The molecule has 0 spiro atoms. The number of rotatable bonds is 5. The maximum absolute atomic E-state index is 13.2. The summed E-state index contributed by atoms with van der Waals surface area (Å²) < 4.78 is 31.1. The fourth-order valence-electron chi connectivity index (χ4n) is 3.94. The van der Waals surface area contributed by atoms with E-state index in [-0.39, 0.29) is 30.0 Å². The van der Waals surface area contributed by atoms with Gasteiger partial charge in [-0.05, 0) is 43.0 Å². The van der Waals surface area contributed by atoms with Crippen molar-refractivity contribution < 1.29 is 17.6 Å². The van der Waals surface area contributed by atoms with E-state index in [0.29, 0.717) is 40.2 Å². The summed E-state index contributed by atoms with van der Waals surface area (Å²) in [4.78, 5) is 18.9. The fourth-order valence-corrected chi connectivity index (χ4v) is 6.32. The average molecular weight is 457 g/mol. The number of aryl methyl sites for hydroxylation is 1. The molecule has 0 bridgehead atoms. The summed E-state index contributed by atoms with van der Waals surface area (Å²) in [7, 11) is -3.09. The van der Waals surface area contributed by atoms with E-state index in [2.05, 4.69) is 10.4 Å². The number of nitrogens with one attached hydrogen (secondary N) is 1. The van der Waals surface area contributed by atoms with E-state index < -0.39 is 9.84 Å². The van der Waals surface area contributed by atoms with Gasteiger partial charge in [-0.1, -0.05) is 6.07 Å². The van der Waals surface area contributed by atoms with Crippen LogP contribution in [-0.4, -0.2) is 40.6 Å². The lowest BCUT2D eigenvalue weighted by Gasteiger charge is -2.11. The molecule has 8 nitrogen and oxygen atoms in total. The molecule has 1 amide bonds. The van der Waals surface area contributed by atoms with Crippen molar-refractivity contribution in [2.75, 3.05) is 11.5 Å². The van der Waals surface area contributed by atoms with Crippen LogP contribution in [0.1, 0.15) is 34.3 Å². The third-order valence-corrected chi connectivity index (χ3v) is 8.06. The van der Waals surface area contributed by atoms with Gasteiger partial charge in [-0.15, -0.1) is 11.3 Å². The first-order valence-corrected chi connectivity index (χ1v) is 12.6. The van der Waals surface area contributed by atoms with E-state index in [1.54, 1.807) is 29.1 Å². The number of hydrogen-bond donors (Lipinski definition) is 1. The molecule has 4 aromatic rings. The summed E-state index contributed by atoms with van der Waals surface area (Å²) in [5.41, 5.74) is 2.30. The van der Waals surface area contributed by atoms with Crippen LogP contribution in [0.15, 0.2) is 46.4 Å². The summed E-state index contributed by atoms with van der Waals surface area (Å²) in [5.74, 6) is 0.567. The Morgan fingerprint density at radius 2 is 2.23 bits per heavy atom. The smallest absolute Gasteiger partial charge is 0.252 e. The molecule has 160 valence electrons. The molecule has 1 atom stereocenters. The second-order valence-corrected chi connectivity index (χ2v) is 10.8. The first kappa shape index (κ1) is 20.0. The number of thiophene rings is 1. The maximum Gasteiger partial charge on any atom is 0.252 e. The first-order valence-electron chi connectivity index (χ1n) is 9.86. The minimum Gasteiger partial charge on any atom is -0.467 e. The number of furan rings is 1. The lowest BCUT2D eigenvalue weighted by molar-refractivity contribution is 0.0949. The Labute approximate surface area is 182 Å². The topological polar surface area (TPSA) is 107 Å². The van der Waals surface area contributed by atoms with Crippen LogP contribution in [0.5, 0.6) is 0 Å². The van der Waals surface area contributed by atoms with E-state index in [1.165, 1.54) is 11.3 Å². The third kappa shape index (κ3) is 3.77. The SMILES string of the molecule is Cc1nn([C@@H]2CCS(=O)(=O)C2)c2nc(-c3cccs3)cc(C(=O)NCc3ccco3)c12. The van der Waals surface area contributed by atoms with Gasteiger partial charge in [-0.3, -0.25) is 4.79 Å². The lowest BCUT2D eigenvalue weighted by Crippen LogP contribution is -2.23. The molecule has 10 heteroatoms. The van der Waals surface area contributed by atoms with Gasteiger partial charge in [0, 0.05) is 0 Å². The molecule has 1 fully saturated rings. The highest BCUT2D eigenvalue weighted by Gasteiger charge is 2.32. The Balaban J connectivity index is 1.62. The van der Waals surface area contributed by atoms with Gasteiger partial charge in [-0.25, -0.2) is 18.1 Å². The van der Waals surface area contributed by atoms with Crippen LogP contribution in [-0.2, 0) is 16.4 Å². The molecule has 31 heavy (non-hydrogen) atoms. The minimum atomic E-state index is -3.09. The van der Waals surface area contributed by atoms with Crippen LogP contribution < -0.4 is 5.32 Å². The van der Waals surface area contributed by atoms with Crippen LogP contribution in [0.2, 0.25) is 0 Å². The molecule has 4 aromatic heterocycles. The number of aromatic nitrogens is 3. The quantitative estimate of drug-likeness (QED) is 0.494. The molecule has 0 unspecified atom stereocenters. The summed E-state index contributed by atoms with van der Waals surface area (Å²) >= 11 is 1.53. The summed E-state index contributed by atoms with van der Waals surface area (Å²) in [5, 5.41) is 10.1. The molecular weight excluding hydrogens is 436 g/mol. The van der Waals surface area contributed by atoms with Crippen LogP contribution in [0.4, 0.5) is 0 Å². The zero-order chi connectivity index (χ0) is 21.6. The molecule has 1 N–H and O–H groups in total. The highest BCUT2D eigenvalue weighted by molar-refractivity contribution is 7.91. The van der Waals surface area contributed by atoms with Crippen molar-refractivity contribution in [2.45, 2.75) is 25.9 Å². The number of amides is 1. The van der Waals surface area contributed by atoms with Crippen LogP contribution in [0.25, 0.3) is 21.6 Å². The molecule has 0 aromatic carbocycles. The van der Waals surface area contributed by atoms with E-state index in [0.717, 1.165) is 4.88 Å². The number of fused-ring (bicyclic) bond motifs is 1. The predicted molar refractivity (Wildman–Crippen MR) is 118 cm³/mol. The molecule has 1 saturated heterocycles. The van der Waals surface area contributed by atoms with E-state index in [4.69, 9.17) is 9.40 Å². The molecule has 0 radical (unpaired) electrons. The molecule has 0 aliphatic carbocycles. The maximum atomic E-state index is 13.2. The molecule has 5 heterocycles. The van der Waals surface area contributed by atoms with Gasteiger partial charge in [0.05, 0.1) is 57.6 Å². The third-order valence-electron chi connectivity index (χ3n) is 5.41. The van der Waals surface area contributed by atoms with E-state index in [1.807, 2.05) is 24.4 Å². The van der Waals surface area contributed by atoms with E-state index in [9.17, 15) is 13.2 Å². The summed E-state index contributed by atoms with van der Waals surface area (Å²) in [6, 6.07) is 8.92. The zero-order valence-electron chi connectivity index (χ0n) is 16.7. The zero-order valence-corrected chi connectivity index (χ0v) is 18.4. The molecule has 0 saturated carbocycles. The van der Waals surface area contributed by atoms with Crippen LogP contribution in [0.3, 0.4) is 0 Å². The molecule has 1 aliphatic heterocycles. The van der Waals surface area contributed by atoms with Crippen molar-refractivity contribution in [1.82, 2.24) is 20.1 Å². The van der Waals surface area contributed by atoms with Crippen molar-refractivity contribution in [1.29, 1.82) is 0 Å². The van der Waals surface area contributed by atoms with Gasteiger partial charge >= 0.3 is 0 Å². The van der Waals surface area contributed by atoms with Crippen LogP contribution in [0, 0.1) is 6.92 Å².